The average Bonchev–Trinajstić information content (AvgIpc) is 2.73. The first-order valence-electron chi connectivity index (χ1n) is 5.36. The minimum atomic E-state index is 0.0539. The highest BCUT2D eigenvalue weighted by atomic mass is 16.1. The lowest BCUT2D eigenvalue weighted by molar-refractivity contribution is 0.101. The van der Waals surface area contributed by atoms with Gasteiger partial charge in [-0.2, -0.15) is 0 Å². The van der Waals surface area contributed by atoms with Gasteiger partial charge in [0, 0.05) is 12.6 Å². The summed E-state index contributed by atoms with van der Waals surface area (Å²) in [6.07, 6.45) is 2.49. The van der Waals surface area contributed by atoms with E-state index in [1.165, 1.54) is 0 Å². The first kappa shape index (κ1) is 10.6. The number of hydrogen-bond donors (Lipinski definition) is 0. The molecular formula is C13H14N2O. The van der Waals surface area contributed by atoms with Crippen LogP contribution in [0.1, 0.15) is 30.0 Å². The van der Waals surface area contributed by atoms with E-state index in [9.17, 15) is 4.79 Å². The third kappa shape index (κ3) is 1.76. The van der Waals surface area contributed by atoms with Gasteiger partial charge in [0.25, 0.3) is 0 Å². The Morgan fingerprint density at radius 2 is 2.00 bits per heavy atom. The van der Waals surface area contributed by atoms with Crippen molar-refractivity contribution in [2.24, 2.45) is 0 Å². The van der Waals surface area contributed by atoms with Crippen molar-refractivity contribution in [3.8, 4) is 5.69 Å². The van der Waals surface area contributed by atoms with Crippen LogP contribution in [0.2, 0.25) is 0 Å². The summed E-state index contributed by atoms with van der Waals surface area (Å²) in [4.78, 5) is 15.9. The van der Waals surface area contributed by atoms with E-state index in [1.54, 1.807) is 13.3 Å². The van der Waals surface area contributed by atoms with Crippen LogP contribution in [-0.4, -0.2) is 15.3 Å². The molecule has 1 aromatic heterocycles. The van der Waals surface area contributed by atoms with Crippen molar-refractivity contribution >= 4 is 5.78 Å². The monoisotopic (exact) mass is 214 g/mol. The number of aromatic nitrogens is 2. The minimum absolute atomic E-state index is 0.0539. The molecule has 2 rings (SSSR count). The summed E-state index contributed by atoms with van der Waals surface area (Å²) >= 11 is 0. The van der Waals surface area contributed by atoms with E-state index >= 15 is 0 Å². The standard InChI is InChI=1S/C13H14N2O/c1-3-12-13(10(2)16)15(9-14-12)11-7-5-4-6-8-11/h4-9H,3H2,1-2H3. The number of carbonyl (C=O) groups is 1. The van der Waals surface area contributed by atoms with Gasteiger partial charge in [0.15, 0.2) is 5.78 Å². The number of hydrogen-bond acceptors (Lipinski definition) is 2. The molecule has 0 N–H and O–H groups in total. The second-order valence-electron chi connectivity index (χ2n) is 3.66. The molecule has 0 radical (unpaired) electrons. The van der Waals surface area contributed by atoms with Gasteiger partial charge in [0.05, 0.1) is 5.69 Å². The normalized spacial score (nSPS) is 10.4. The summed E-state index contributed by atoms with van der Waals surface area (Å²) in [5, 5.41) is 0. The molecule has 0 saturated heterocycles. The predicted octanol–water partition coefficient (Wildman–Crippen LogP) is 2.64. The van der Waals surface area contributed by atoms with Gasteiger partial charge in [-0.3, -0.25) is 9.36 Å². The predicted molar refractivity (Wildman–Crippen MR) is 62.9 cm³/mol. The molecule has 0 aliphatic heterocycles. The number of nitrogens with zero attached hydrogens (tertiary/aromatic N) is 2. The van der Waals surface area contributed by atoms with Crippen LogP contribution in [0.3, 0.4) is 0 Å². The van der Waals surface area contributed by atoms with Gasteiger partial charge in [-0.1, -0.05) is 25.1 Å². The quantitative estimate of drug-likeness (QED) is 0.736. The Bertz CT molecular complexity index is 500. The van der Waals surface area contributed by atoms with Gasteiger partial charge < -0.3 is 0 Å². The topological polar surface area (TPSA) is 34.9 Å². The SMILES string of the molecule is CCc1ncn(-c2ccccc2)c1C(C)=O. The Morgan fingerprint density at radius 1 is 1.31 bits per heavy atom. The van der Waals surface area contributed by atoms with Crippen molar-refractivity contribution in [2.45, 2.75) is 20.3 Å². The molecule has 1 aromatic carbocycles. The summed E-state index contributed by atoms with van der Waals surface area (Å²) < 4.78 is 1.85. The Balaban J connectivity index is 2.58. The van der Waals surface area contributed by atoms with Gasteiger partial charge in [-0.25, -0.2) is 4.98 Å². The molecule has 0 fully saturated rings. The second kappa shape index (κ2) is 4.31. The molecule has 82 valence electrons. The average molecular weight is 214 g/mol. The smallest absolute Gasteiger partial charge is 0.178 e. The highest BCUT2D eigenvalue weighted by Gasteiger charge is 2.14. The number of rotatable bonds is 3. The third-order valence-corrected chi connectivity index (χ3v) is 2.55. The number of aryl methyl sites for hydroxylation is 1. The maximum absolute atomic E-state index is 11.6. The maximum atomic E-state index is 11.6. The van der Waals surface area contributed by atoms with Crippen LogP contribution >= 0.6 is 0 Å². The molecule has 0 spiro atoms. The van der Waals surface area contributed by atoms with Gasteiger partial charge in [-0.15, -0.1) is 0 Å². The van der Waals surface area contributed by atoms with Crippen molar-refractivity contribution in [3.05, 3.63) is 48.0 Å². The zero-order valence-corrected chi connectivity index (χ0v) is 9.47. The third-order valence-electron chi connectivity index (χ3n) is 2.55. The van der Waals surface area contributed by atoms with Crippen LogP contribution in [0.5, 0.6) is 0 Å². The maximum Gasteiger partial charge on any atom is 0.178 e. The first-order valence-corrected chi connectivity index (χ1v) is 5.36. The van der Waals surface area contributed by atoms with Crippen LogP contribution in [0.15, 0.2) is 36.7 Å². The van der Waals surface area contributed by atoms with E-state index in [-0.39, 0.29) is 5.78 Å². The first-order chi connectivity index (χ1) is 7.74. The molecule has 1 heterocycles. The fourth-order valence-electron chi connectivity index (χ4n) is 1.80. The van der Waals surface area contributed by atoms with Crippen LogP contribution in [0.25, 0.3) is 5.69 Å². The number of carbonyl (C=O) groups excluding carboxylic acids is 1. The molecule has 3 nitrogen and oxygen atoms in total. The molecule has 0 bridgehead atoms. The van der Waals surface area contributed by atoms with E-state index < -0.39 is 0 Å². The van der Waals surface area contributed by atoms with Crippen molar-refractivity contribution in [1.82, 2.24) is 9.55 Å². The van der Waals surface area contributed by atoms with E-state index in [0.29, 0.717) is 5.69 Å². The molecule has 0 atom stereocenters. The highest BCUT2D eigenvalue weighted by Crippen LogP contribution is 2.15. The molecule has 3 heteroatoms. The minimum Gasteiger partial charge on any atom is -0.296 e. The molecule has 0 unspecified atom stereocenters. The fourth-order valence-corrected chi connectivity index (χ4v) is 1.80. The molecule has 2 aromatic rings. The summed E-state index contributed by atoms with van der Waals surface area (Å²) in [5.41, 5.74) is 2.52. The Kier molecular flexibility index (Phi) is 2.86. The van der Waals surface area contributed by atoms with E-state index in [2.05, 4.69) is 4.98 Å². The van der Waals surface area contributed by atoms with Crippen molar-refractivity contribution < 1.29 is 4.79 Å². The molecule has 16 heavy (non-hydrogen) atoms. The lowest BCUT2D eigenvalue weighted by atomic mass is 10.2. The van der Waals surface area contributed by atoms with Crippen LogP contribution in [-0.2, 0) is 6.42 Å². The van der Waals surface area contributed by atoms with Gasteiger partial charge in [-0.05, 0) is 18.6 Å². The molecule has 0 amide bonds. The Hall–Kier alpha value is -1.90. The molecule has 0 aliphatic rings. The number of ketones is 1. The largest absolute Gasteiger partial charge is 0.296 e. The van der Waals surface area contributed by atoms with Crippen LogP contribution in [0, 0.1) is 0 Å². The van der Waals surface area contributed by atoms with Gasteiger partial charge >= 0.3 is 0 Å². The fraction of sp³-hybridized carbons (Fsp3) is 0.231. The summed E-state index contributed by atoms with van der Waals surface area (Å²) in [5.74, 6) is 0.0539. The van der Waals surface area contributed by atoms with Crippen molar-refractivity contribution in [2.75, 3.05) is 0 Å². The summed E-state index contributed by atoms with van der Waals surface area (Å²) in [7, 11) is 0. The number of imidazole rings is 1. The Morgan fingerprint density at radius 3 is 2.56 bits per heavy atom. The van der Waals surface area contributed by atoms with E-state index in [1.807, 2.05) is 41.8 Å². The zero-order valence-electron chi connectivity index (χ0n) is 9.47. The number of benzene rings is 1. The highest BCUT2D eigenvalue weighted by molar-refractivity contribution is 5.94. The number of Topliss-reactive ketones (excluding diaryl/α,β-unsaturated/α-hetero) is 1. The number of para-hydroxylation sites is 1. The summed E-state index contributed by atoms with van der Waals surface area (Å²) in [6, 6.07) is 9.78. The summed E-state index contributed by atoms with van der Waals surface area (Å²) in [6.45, 7) is 3.58. The zero-order chi connectivity index (χ0) is 11.5. The van der Waals surface area contributed by atoms with Gasteiger partial charge in [0.2, 0.25) is 0 Å². The molecule has 0 aliphatic carbocycles. The van der Waals surface area contributed by atoms with Crippen LogP contribution in [0.4, 0.5) is 0 Å². The molecule has 0 saturated carbocycles. The molecular weight excluding hydrogens is 200 g/mol. The second-order valence-corrected chi connectivity index (χ2v) is 3.66. The van der Waals surface area contributed by atoms with E-state index in [0.717, 1.165) is 17.8 Å². The Labute approximate surface area is 94.7 Å². The van der Waals surface area contributed by atoms with Gasteiger partial charge in [0.1, 0.15) is 12.0 Å². The lowest BCUT2D eigenvalue weighted by Crippen LogP contribution is -2.06. The lowest BCUT2D eigenvalue weighted by Gasteiger charge is -2.06. The van der Waals surface area contributed by atoms with E-state index in [4.69, 9.17) is 0 Å². The van der Waals surface area contributed by atoms with Crippen molar-refractivity contribution in [1.29, 1.82) is 0 Å². The van der Waals surface area contributed by atoms with Crippen LogP contribution < -0.4 is 0 Å². The van der Waals surface area contributed by atoms with Crippen molar-refractivity contribution in [3.63, 3.8) is 0 Å².